The van der Waals surface area contributed by atoms with Gasteiger partial charge < -0.3 is 4.42 Å². The first-order valence-electron chi connectivity index (χ1n) is 9.74. The number of aryl methyl sites for hydroxylation is 2. The quantitative estimate of drug-likeness (QED) is 0.333. The molecule has 0 spiro atoms. The minimum Gasteiger partial charge on any atom is -0.441 e. The highest BCUT2D eigenvalue weighted by Crippen LogP contribution is 2.31. The Kier molecular flexibility index (Phi) is 4.85. The van der Waals surface area contributed by atoms with Crippen LogP contribution in [0.15, 0.2) is 82.5 Å². The summed E-state index contributed by atoms with van der Waals surface area (Å²) in [5.41, 5.74) is 6.20. The van der Waals surface area contributed by atoms with Crippen molar-refractivity contribution in [3.8, 4) is 22.7 Å². The lowest BCUT2D eigenvalue weighted by Gasteiger charge is -2.01. The topological polar surface area (TPSA) is 56.2 Å². The number of benzene rings is 2. The molecule has 5 nitrogen and oxygen atoms in total. The molecule has 0 bridgehead atoms. The Morgan fingerprint density at radius 2 is 1.80 bits per heavy atom. The fraction of sp³-hybridized carbons (Fsp3) is 0.125. The smallest absolute Gasteiger partial charge is 0.226 e. The average Bonchev–Trinajstić information content (AvgIpc) is 3.37. The van der Waals surface area contributed by atoms with E-state index in [-0.39, 0.29) is 0 Å². The SMILES string of the molecule is Cc1ccccc1-c1cc2c(SCc3nc(-c4ccccc4)oc3C)nccn2n1. The molecular weight excluding hydrogens is 392 g/mol. The predicted octanol–water partition coefficient (Wildman–Crippen LogP) is 5.96. The Morgan fingerprint density at radius 1 is 1.00 bits per heavy atom. The third kappa shape index (κ3) is 3.50. The van der Waals surface area contributed by atoms with Gasteiger partial charge in [0.05, 0.1) is 16.9 Å². The lowest BCUT2D eigenvalue weighted by atomic mass is 10.1. The molecule has 2 aromatic carbocycles. The molecule has 5 aromatic rings. The highest BCUT2D eigenvalue weighted by Gasteiger charge is 2.15. The van der Waals surface area contributed by atoms with Crippen LogP contribution < -0.4 is 0 Å². The summed E-state index contributed by atoms with van der Waals surface area (Å²) in [7, 11) is 0. The molecule has 148 valence electrons. The Hall–Kier alpha value is -3.38. The van der Waals surface area contributed by atoms with E-state index < -0.39 is 0 Å². The highest BCUT2D eigenvalue weighted by molar-refractivity contribution is 7.98. The molecule has 0 amide bonds. The molecule has 3 aromatic heterocycles. The van der Waals surface area contributed by atoms with Gasteiger partial charge in [0.25, 0.3) is 0 Å². The summed E-state index contributed by atoms with van der Waals surface area (Å²) in [6, 6.07) is 20.3. The second-order valence-corrected chi connectivity index (χ2v) is 8.05. The zero-order valence-corrected chi connectivity index (χ0v) is 17.6. The summed E-state index contributed by atoms with van der Waals surface area (Å²) in [4.78, 5) is 9.29. The van der Waals surface area contributed by atoms with E-state index in [0.717, 1.165) is 38.8 Å². The zero-order chi connectivity index (χ0) is 20.5. The van der Waals surface area contributed by atoms with Gasteiger partial charge in [-0.05, 0) is 37.6 Å². The Morgan fingerprint density at radius 3 is 2.63 bits per heavy atom. The molecule has 0 fully saturated rings. The maximum absolute atomic E-state index is 5.89. The van der Waals surface area contributed by atoms with Crippen LogP contribution in [0.3, 0.4) is 0 Å². The molecule has 0 unspecified atom stereocenters. The van der Waals surface area contributed by atoms with Crippen molar-refractivity contribution >= 4 is 17.3 Å². The van der Waals surface area contributed by atoms with Gasteiger partial charge in [0.15, 0.2) is 0 Å². The predicted molar refractivity (Wildman–Crippen MR) is 119 cm³/mol. The van der Waals surface area contributed by atoms with Crippen LogP contribution in [-0.2, 0) is 5.75 Å². The van der Waals surface area contributed by atoms with Crippen molar-refractivity contribution in [2.24, 2.45) is 0 Å². The van der Waals surface area contributed by atoms with Gasteiger partial charge in [0.1, 0.15) is 10.8 Å². The highest BCUT2D eigenvalue weighted by atomic mass is 32.2. The first-order valence-corrected chi connectivity index (χ1v) is 10.7. The average molecular weight is 413 g/mol. The summed E-state index contributed by atoms with van der Waals surface area (Å²) in [6.07, 6.45) is 3.67. The summed E-state index contributed by atoms with van der Waals surface area (Å²) >= 11 is 1.64. The second-order valence-electron chi connectivity index (χ2n) is 7.08. The first kappa shape index (κ1) is 18.6. The van der Waals surface area contributed by atoms with Crippen LogP contribution in [0.2, 0.25) is 0 Å². The van der Waals surface area contributed by atoms with E-state index >= 15 is 0 Å². The standard InChI is InChI=1S/C24H20N4OS/c1-16-8-6-7-11-19(16)20-14-22-24(25-12-13-28(22)27-20)30-15-21-17(2)29-23(26-21)18-9-4-3-5-10-18/h3-14H,15H2,1-2H3. The van der Waals surface area contributed by atoms with Gasteiger partial charge in [0, 0.05) is 29.3 Å². The van der Waals surface area contributed by atoms with E-state index in [1.165, 1.54) is 5.56 Å². The molecule has 0 atom stereocenters. The number of nitrogens with zero attached hydrogens (tertiary/aromatic N) is 4. The molecule has 6 heteroatoms. The van der Waals surface area contributed by atoms with Gasteiger partial charge in [-0.3, -0.25) is 0 Å². The van der Waals surface area contributed by atoms with Crippen molar-refractivity contribution in [2.75, 3.05) is 0 Å². The molecule has 30 heavy (non-hydrogen) atoms. The Labute approximate surface area is 178 Å². The number of thioether (sulfide) groups is 1. The van der Waals surface area contributed by atoms with Crippen LogP contribution in [0.1, 0.15) is 17.0 Å². The molecule has 3 heterocycles. The summed E-state index contributed by atoms with van der Waals surface area (Å²) in [5.74, 6) is 2.17. The van der Waals surface area contributed by atoms with E-state index in [9.17, 15) is 0 Å². The van der Waals surface area contributed by atoms with E-state index in [4.69, 9.17) is 14.5 Å². The number of hydrogen-bond donors (Lipinski definition) is 0. The van der Waals surface area contributed by atoms with E-state index in [2.05, 4.69) is 30.1 Å². The van der Waals surface area contributed by atoms with Gasteiger partial charge in [0.2, 0.25) is 5.89 Å². The van der Waals surface area contributed by atoms with Gasteiger partial charge in [-0.15, -0.1) is 0 Å². The van der Waals surface area contributed by atoms with E-state index in [1.54, 1.807) is 18.0 Å². The second kappa shape index (κ2) is 7.80. The molecule has 5 rings (SSSR count). The summed E-state index contributed by atoms with van der Waals surface area (Å²) in [6.45, 7) is 4.06. The molecule has 0 aliphatic carbocycles. The fourth-order valence-electron chi connectivity index (χ4n) is 3.40. The maximum atomic E-state index is 5.89. The van der Waals surface area contributed by atoms with E-state index in [0.29, 0.717) is 11.6 Å². The minimum atomic E-state index is 0.654. The van der Waals surface area contributed by atoms with Gasteiger partial charge in [-0.1, -0.05) is 54.2 Å². The Bertz CT molecular complexity index is 1320. The number of aromatic nitrogens is 4. The molecular formula is C24H20N4OS. The maximum Gasteiger partial charge on any atom is 0.226 e. The van der Waals surface area contributed by atoms with Crippen molar-refractivity contribution < 1.29 is 4.42 Å². The van der Waals surface area contributed by atoms with Crippen molar-refractivity contribution in [2.45, 2.75) is 24.6 Å². The van der Waals surface area contributed by atoms with Crippen LogP contribution in [0, 0.1) is 13.8 Å². The lowest BCUT2D eigenvalue weighted by molar-refractivity contribution is 0.540. The normalized spacial score (nSPS) is 11.3. The summed E-state index contributed by atoms with van der Waals surface area (Å²) < 4.78 is 7.78. The molecule has 0 radical (unpaired) electrons. The van der Waals surface area contributed by atoms with Gasteiger partial charge in [-0.2, -0.15) is 5.10 Å². The number of fused-ring (bicyclic) bond motifs is 1. The molecule has 0 saturated heterocycles. The third-order valence-electron chi connectivity index (χ3n) is 5.03. The minimum absolute atomic E-state index is 0.654. The van der Waals surface area contributed by atoms with Crippen molar-refractivity contribution in [1.29, 1.82) is 0 Å². The summed E-state index contributed by atoms with van der Waals surface area (Å²) in [5, 5.41) is 5.67. The number of oxazole rings is 1. The van der Waals surface area contributed by atoms with Crippen molar-refractivity contribution in [3.63, 3.8) is 0 Å². The van der Waals surface area contributed by atoms with Gasteiger partial charge in [-0.25, -0.2) is 14.5 Å². The largest absolute Gasteiger partial charge is 0.441 e. The number of rotatable bonds is 5. The third-order valence-corrected chi connectivity index (χ3v) is 6.04. The van der Waals surface area contributed by atoms with Crippen LogP contribution in [0.5, 0.6) is 0 Å². The molecule has 0 aliphatic rings. The van der Waals surface area contributed by atoms with Crippen LogP contribution >= 0.6 is 11.8 Å². The van der Waals surface area contributed by atoms with Crippen LogP contribution in [0.25, 0.3) is 28.2 Å². The lowest BCUT2D eigenvalue weighted by Crippen LogP contribution is -1.92. The van der Waals surface area contributed by atoms with E-state index in [1.807, 2.05) is 60.1 Å². The van der Waals surface area contributed by atoms with Crippen LogP contribution in [-0.4, -0.2) is 19.6 Å². The number of hydrogen-bond acceptors (Lipinski definition) is 5. The molecule has 0 saturated carbocycles. The fourth-order valence-corrected chi connectivity index (χ4v) is 4.38. The monoisotopic (exact) mass is 412 g/mol. The zero-order valence-electron chi connectivity index (χ0n) is 16.7. The molecule has 0 aliphatic heterocycles. The van der Waals surface area contributed by atoms with Crippen LogP contribution in [0.4, 0.5) is 0 Å². The first-order chi connectivity index (χ1) is 14.7. The van der Waals surface area contributed by atoms with Crippen molar-refractivity contribution in [1.82, 2.24) is 19.6 Å². The Balaban J connectivity index is 1.43. The van der Waals surface area contributed by atoms with Crippen molar-refractivity contribution in [3.05, 3.63) is 90.1 Å². The van der Waals surface area contributed by atoms with Gasteiger partial charge >= 0.3 is 0 Å². The molecule has 0 N–H and O–H groups in total.